The Morgan fingerprint density at radius 2 is 1.09 bits per heavy atom. The average molecular weight is 481 g/mol. The lowest BCUT2D eigenvalue weighted by Gasteiger charge is -2.13. The molecule has 0 spiro atoms. The largest absolute Gasteiger partial charge is 0.481 e. The van der Waals surface area contributed by atoms with Gasteiger partial charge in [0.25, 0.3) is 0 Å². The summed E-state index contributed by atoms with van der Waals surface area (Å²) in [6.45, 7) is 4.59. The number of esters is 1. The van der Waals surface area contributed by atoms with Gasteiger partial charge in [0.1, 0.15) is 0 Å². The third-order valence-electron chi connectivity index (χ3n) is 6.52. The van der Waals surface area contributed by atoms with Crippen LogP contribution >= 0.6 is 0 Å². The molecule has 0 amide bonds. The fourth-order valence-corrected chi connectivity index (χ4v) is 4.36. The lowest BCUT2D eigenvalue weighted by Crippen LogP contribution is -2.21. The van der Waals surface area contributed by atoms with Crippen LogP contribution in [-0.2, 0) is 14.3 Å². The normalized spacial score (nSPS) is 12.3. The van der Waals surface area contributed by atoms with Crippen molar-refractivity contribution in [3.05, 3.63) is 12.2 Å². The van der Waals surface area contributed by atoms with Crippen LogP contribution in [-0.4, -0.2) is 23.7 Å². The van der Waals surface area contributed by atoms with Crippen LogP contribution in [0.3, 0.4) is 0 Å². The highest BCUT2D eigenvalue weighted by Gasteiger charge is 2.22. The number of allylic oxidation sites excluding steroid dienone is 2. The van der Waals surface area contributed by atoms with E-state index < -0.39 is 11.9 Å². The van der Waals surface area contributed by atoms with Crippen molar-refractivity contribution in [2.24, 2.45) is 5.92 Å². The number of aliphatic carboxylic acids is 1. The topological polar surface area (TPSA) is 63.6 Å². The van der Waals surface area contributed by atoms with Crippen molar-refractivity contribution in [3.63, 3.8) is 0 Å². The highest BCUT2D eigenvalue weighted by atomic mass is 16.5. The van der Waals surface area contributed by atoms with Gasteiger partial charge in [-0.2, -0.15) is 0 Å². The first-order valence-electron chi connectivity index (χ1n) is 14.6. The van der Waals surface area contributed by atoms with Crippen LogP contribution in [0.1, 0.15) is 155 Å². The van der Waals surface area contributed by atoms with E-state index in [9.17, 15) is 9.59 Å². The molecule has 0 aliphatic heterocycles. The maximum atomic E-state index is 12.0. The van der Waals surface area contributed by atoms with Crippen molar-refractivity contribution in [1.82, 2.24) is 0 Å². The summed E-state index contributed by atoms with van der Waals surface area (Å²) >= 11 is 0. The second kappa shape index (κ2) is 26.3. The lowest BCUT2D eigenvalue weighted by molar-refractivity contribution is -0.153. The fraction of sp³-hybridized carbons (Fsp3) is 0.867. The average Bonchev–Trinajstić information content (AvgIpc) is 2.82. The van der Waals surface area contributed by atoms with Crippen molar-refractivity contribution < 1.29 is 19.4 Å². The Balaban J connectivity index is 3.41. The van der Waals surface area contributed by atoms with Crippen LogP contribution in [0.15, 0.2) is 12.2 Å². The minimum atomic E-state index is -0.917. The molecular weight excluding hydrogens is 424 g/mol. The van der Waals surface area contributed by atoms with Gasteiger partial charge in [-0.1, -0.05) is 122 Å². The summed E-state index contributed by atoms with van der Waals surface area (Å²) in [5.41, 5.74) is 0. The molecule has 0 radical (unpaired) electrons. The first-order valence-corrected chi connectivity index (χ1v) is 14.6. The number of rotatable bonds is 26. The van der Waals surface area contributed by atoms with E-state index in [2.05, 4.69) is 19.1 Å². The summed E-state index contributed by atoms with van der Waals surface area (Å²) in [5, 5.41) is 9.02. The van der Waals surface area contributed by atoms with E-state index in [0.717, 1.165) is 19.3 Å². The SMILES string of the molecule is CCCCCC/C=C/CCCCCCCCCCCCCCCC(CC(=O)O)C(=O)OCCC. The van der Waals surface area contributed by atoms with Crippen molar-refractivity contribution in [1.29, 1.82) is 0 Å². The second-order valence-electron chi connectivity index (χ2n) is 9.96. The number of unbranched alkanes of at least 4 members (excludes halogenated alkanes) is 17. The van der Waals surface area contributed by atoms with Crippen LogP contribution in [0.5, 0.6) is 0 Å². The van der Waals surface area contributed by atoms with E-state index in [1.165, 1.54) is 109 Å². The number of hydrogen-bond donors (Lipinski definition) is 1. The molecule has 1 unspecified atom stereocenters. The molecule has 0 aromatic rings. The van der Waals surface area contributed by atoms with Gasteiger partial charge >= 0.3 is 11.9 Å². The van der Waals surface area contributed by atoms with Crippen molar-refractivity contribution in [2.75, 3.05) is 6.61 Å². The Bertz CT molecular complexity index is 486. The van der Waals surface area contributed by atoms with Crippen LogP contribution in [0, 0.1) is 5.92 Å². The van der Waals surface area contributed by atoms with Crippen molar-refractivity contribution in [3.8, 4) is 0 Å². The Hall–Kier alpha value is -1.32. The standard InChI is InChI=1S/C30H56O4/c1-3-5-6-7-8-9-10-11-12-13-14-15-16-17-18-19-20-21-22-23-24-25-28(27-29(31)32)30(33)34-26-4-2/h9-10,28H,3-8,11-27H2,1-2H3,(H,31,32)/b10-9+. The molecule has 1 N–H and O–H groups in total. The summed E-state index contributed by atoms with van der Waals surface area (Å²) < 4.78 is 5.15. The van der Waals surface area contributed by atoms with Gasteiger partial charge in [0.05, 0.1) is 18.9 Å². The molecule has 0 heterocycles. The first kappa shape index (κ1) is 32.7. The van der Waals surface area contributed by atoms with Gasteiger partial charge in [0, 0.05) is 0 Å². The third kappa shape index (κ3) is 23.8. The molecule has 0 fully saturated rings. The Morgan fingerprint density at radius 3 is 1.53 bits per heavy atom. The molecule has 0 saturated heterocycles. The van der Waals surface area contributed by atoms with E-state index in [0.29, 0.717) is 13.0 Å². The molecular formula is C30H56O4. The number of carboxylic acids is 1. The molecule has 1 atom stereocenters. The smallest absolute Gasteiger partial charge is 0.309 e. The second-order valence-corrected chi connectivity index (χ2v) is 9.96. The van der Waals surface area contributed by atoms with Gasteiger partial charge in [0.15, 0.2) is 0 Å². The van der Waals surface area contributed by atoms with E-state index in [1.807, 2.05) is 6.92 Å². The molecule has 0 aromatic heterocycles. The van der Waals surface area contributed by atoms with Crippen molar-refractivity contribution in [2.45, 2.75) is 155 Å². The third-order valence-corrected chi connectivity index (χ3v) is 6.52. The number of hydrogen-bond acceptors (Lipinski definition) is 3. The van der Waals surface area contributed by atoms with Crippen LogP contribution < -0.4 is 0 Å². The quantitative estimate of drug-likeness (QED) is 0.0760. The van der Waals surface area contributed by atoms with E-state index >= 15 is 0 Å². The zero-order valence-corrected chi connectivity index (χ0v) is 22.7. The molecule has 0 rings (SSSR count). The van der Waals surface area contributed by atoms with Gasteiger partial charge in [-0.3, -0.25) is 9.59 Å². The van der Waals surface area contributed by atoms with Crippen LogP contribution in [0.25, 0.3) is 0 Å². The fourth-order valence-electron chi connectivity index (χ4n) is 4.36. The summed E-state index contributed by atoms with van der Waals surface area (Å²) in [7, 11) is 0. The first-order chi connectivity index (χ1) is 16.6. The minimum absolute atomic E-state index is 0.112. The highest BCUT2D eigenvalue weighted by Crippen LogP contribution is 2.18. The lowest BCUT2D eigenvalue weighted by atomic mass is 9.97. The molecule has 4 heteroatoms. The Morgan fingerprint density at radius 1 is 0.647 bits per heavy atom. The number of carboxylic acid groups (broad SMARTS) is 1. The molecule has 0 saturated carbocycles. The molecule has 0 aliphatic rings. The van der Waals surface area contributed by atoms with Gasteiger partial charge in [-0.15, -0.1) is 0 Å². The summed E-state index contributed by atoms with van der Waals surface area (Å²) in [5.74, 6) is -1.74. The Labute approximate surface area is 211 Å². The van der Waals surface area contributed by atoms with Gasteiger partial charge < -0.3 is 9.84 Å². The highest BCUT2D eigenvalue weighted by molar-refractivity contribution is 5.79. The van der Waals surface area contributed by atoms with E-state index in [1.54, 1.807) is 0 Å². The molecule has 0 aromatic carbocycles. The zero-order valence-electron chi connectivity index (χ0n) is 22.7. The van der Waals surface area contributed by atoms with Crippen LogP contribution in [0.4, 0.5) is 0 Å². The maximum Gasteiger partial charge on any atom is 0.309 e. The summed E-state index contributed by atoms with van der Waals surface area (Å²) in [6, 6.07) is 0. The van der Waals surface area contributed by atoms with Crippen molar-refractivity contribution >= 4 is 11.9 Å². The molecule has 4 nitrogen and oxygen atoms in total. The van der Waals surface area contributed by atoms with E-state index in [-0.39, 0.29) is 12.4 Å². The molecule has 200 valence electrons. The van der Waals surface area contributed by atoms with Crippen LogP contribution in [0.2, 0.25) is 0 Å². The Kier molecular flexibility index (Phi) is 25.3. The van der Waals surface area contributed by atoms with Gasteiger partial charge in [0.2, 0.25) is 0 Å². The van der Waals surface area contributed by atoms with Gasteiger partial charge in [-0.25, -0.2) is 0 Å². The predicted octanol–water partition coefficient (Wildman–Crippen LogP) is 9.41. The number of ether oxygens (including phenoxy) is 1. The van der Waals surface area contributed by atoms with E-state index in [4.69, 9.17) is 9.84 Å². The summed E-state index contributed by atoms with van der Waals surface area (Å²) in [4.78, 5) is 23.0. The minimum Gasteiger partial charge on any atom is -0.481 e. The molecule has 0 aliphatic carbocycles. The number of carbonyl (C=O) groups is 2. The predicted molar refractivity (Wildman–Crippen MR) is 144 cm³/mol. The van der Waals surface area contributed by atoms with Gasteiger partial charge in [-0.05, 0) is 38.5 Å². The molecule has 0 bridgehead atoms. The number of carbonyl (C=O) groups excluding carboxylic acids is 1. The zero-order chi connectivity index (χ0) is 25.1. The monoisotopic (exact) mass is 480 g/mol. The molecule has 34 heavy (non-hydrogen) atoms. The maximum absolute atomic E-state index is 12.0. The summed E-state index contributed by atoms with van der Waals surface area (Å²) in [6.07, 6.45) is 30.7.